The minimum Gasteiger partial charge on any atom is -0.460 e. The van der Waals surface area contributed by atoms with Crippen molar-refractivity contribution in [3.8, 4) is 0 Å². The average Bonchev–Trinajstić information content (AvgIpc) is 2.37. The fraction of sp³-hybridized carbons (Fsp3) is 0.385. The third-order valence-electron chi connectivity index (χ3n) is 2.40. The molecule has 0 aromatic heterocycles. The summed E-state index contributed by atoms with van der Waals surface area (Å²) in [6.45, 7) is 1.86. The lowest BCUT2D eigenvalue weighted by atomic mass is 10.0. The van der Waals surface area contributed by atoms with Gasteiger partial charge in [-0.2, -0.15) is 0 Å². The lowest BCUT2D eigenvalue weighted by Gasteiger charge is -2.14. The second-order valence-electron chi connectivity index (χ2n) is 3.62. The molecule has 0 radical (unpaired) electrons. The van der Waals surface area contributed by atoms with E-state index in [0.717, 1.165) is 10.0 Å². The predicted molar refractivity (Wildman–Crippen MR) is 70.1 cm³/mol. The summed E-state index contributed by atoms with van der Waals surface area (Å²) in [6.07, 6.45) is -0.452. The molecule has 5 heteroatoms. The first kappa shape index (κ1) is 14.9. The maximum absolute atomic E-state index is 11.6. The van der Waals surface area contributed by atoms with Crippen LogP contribution in [0.2, 0.25) is 0 Å². The minimum absolute atomic E-state index is 0.0169. The smallest absolute Gasteiger partial charge is 0.374 e. The van der Waals surface area contributed by atoms with Gasteiger partial charge in [-0.25, -0.2) is 4.79 Å². The van der Waals surface area contributed by atoms with Crippen molar-refractivity contribution in [2.24, 2.45) is 0 Å². The van der Waals surface area contributed by atoms with Gasteiger partial charge < -0.3 is 9.47 Å². The molecular formula is C13H15BrO4. The standard InChI is InChI=1S/C13H15BrO4/c1-3-18-13(16)11(15)8-12(17-2)9-4-6-10(14)7-5-9/h4-7,12H,3,8H2,1-2H3. The number of esters is 1. The summed E-state index contributed by atoms with van der Waals surface area (Å²) in [5.74, 6) is -1.39. The Morgan fingerprint density at radius 2 is 1.89 bits per heavy atom. The Kier molecular flexibility index (Phi) is 6.01. The van der Waals surface area contributed by atoms with Crippen molar-refractivity contribution in [1.82, 2.24) is 0 Å². The molecule has 1 aromatic rings. The summed E-state index contributed by atoms with van der Waals surface area (Å²) in [5.41, 5.74) is 0.846. The zero-order valence-corrected chi connectivity index (χ0v) is 11.9. The molecule has 1 unspecified atom stereocenters. The lowest BCUT2D eigenvalue weighted by Crippen LogP contribution is -2.20. The van der Waals surface area contributed by atoms with E-state index in [1.165, 1.54) is 7.11 Å². The SMILES string of the molecule is CCOC(=O)C(=O)CC(OC)c1ccc(Br)cc1. The number of hydrogen-bond acceptors (Lipinski definition) is 4. The number of rotatable bonds is 6. The molecule has 18 heavy (non-hydrogen) atoms. The molecule has 98 valence electrons. The average molecular weight is 315 g/mol. The molecule has 4 nitrogen and oxygen atoms in total. The van der Waals surface area contributed by atoms with Crippen LogP contribution in [0.15, 0.2) is 28.7 Å². The van der Waals surface area contributed by atoms with Crippen LogP contribution in [0, 0.1) is 0 Å². The lowest BCUT2D eigenvalue weighted by molar-refractivity contribution is -0.154. The van der Waals surface area contributed by atoms with Gasteiger partial charge in [-0.05, 0) is 24.6 Å². The van der Waals surface area contributed by atoms with E-state index in [4.69, 9.17) is 4.74 Å². The fourth-order valence-corrected chi connectivity index (χ4v) is 1.74. The number of benzene rings is 1. The second kappa shape index (κ2) is 7.28. The van der Waals surface area contributed by atoms with Crippen molar-refractivity contribution in [1.29, 1.82) is 0 Å². The number of methoxy groups -OCH3 is 1. The molecule has 0 aliphatic carbocycles. The van der Waals surface area contributed by atoms with E-state index in [1.807, 2.05) is 24.3 Å². The van der Waals surface area contributed by atoms with Gasteiger partial charge in [0.2, 0.25) is 5.78 Å². The molecule has 0 heterocycles. The summed E-state index contributed by atoms with van der Waals surface area (Å²) in [5, 5.41) is 0. The third kappa shape index (κ3) is 4.23. The largest absolute Gasteiger partial charge is 0.460 e. The van der Waals surface area contributed by atoms with Gasteiger partial charge in [0, 0.05) is 18.0 Å². The molecule has 0 saturated heterocycles. The Morgan fingerprint density at radius 1 is 1.28 bits per heavy atom. The van der Waals surface area contributed by atoms with Gasteiger partial charge in [0.05, 0.1) is 12.7 Å². The van der Waals surface area contributed by atoms with Crippen LogP contribution in [-0.4, -0.2) is 25.5 Å². The zero-order chi connectivity index (χ0) is 13.5. The van der Waals surface area contributed by atoms with E-state index in [-0.39, 0.29) is 13.0 Å². The molecule has 0 bridgehead atoms. The van der Waals surface area contributed by atoms with Crippen molar-refractivity contribution in [2.75, 3.05) is 13.7 Å². The third-order valence-corrected chi connectivity index (χ3v) is 2.93. The highest BCUT2D eigenvalue weighted by atomic mass is 79.9. The first-order valence-electron chi connectivity index (χ1n) is 5.56. The Labute approximate surface area is 114 Å². The Morgan fingerprint density at radius 3 is 2.39 bits per heavy atom. The summed E-state index contributed by atoms with van der Waals surface area (Å²) in [6, 6.07) is 7.40. The van der Waals surface area contributed by atoms with Crippen LogP contribution in [0.3, 0.4) is 0 Å². The molecule has 1 rings (SSSR count). The number of carbonyl (C=O) groups excluding carboxylic acids is 2. The molecule has 1 atom stereocenters. The monoisotopic (exact) mass is 314 g/mol. The van der Waals surface area contributed by atoms with Crippen LogP contribution in [-0.2, 0) is 19.1 Å². The number of carbonyl (C=O) groups is 2. The Hall–Kier alpha value is -1.20. The van der Waals surface area contributed by atoms with Crippen LogP contribution >= 0.6 is 15.9 Å². The van der Waals surface area contributed by atoms with Gasteiger partial charge in [-0.1, -0.05) is 28.1 Å². The van der Waals surface area contributed by atoms with E-state index >= 15 is 0 Å². The molecule has 0 spiro atoms. The molecule has 0 amide bonds. The highest BCUT2D eigenvalue weighted by molar-refractivity contribution is 9.10. The summed E-state index contributed by atoms with van der Waals surface area (Å²) >= 11 is 3.33. The maximum atomic E-state index is 11.6. The minimum atomic E-state index is -0.809. The highest BCUT2D eigenvalue weighted by Gasteiger charge is 2.21. The predicted octanol–water partition coefficient (Wildman–Crippen LogP) is 2.66. The van der Waals surface area contributed by atoms with Crippen molar-refractivity contribution < 1.29 is 19.1 Å². The summed E-state index contributed by atoms with van der Waals surface area (Å²) in [4.78, 5) is 22.8. The quantitative estimate of drug-likeness (QED) is 0.598. The number of Topliss-reactive ketones (excluding diaryl/α,β-unsaturated/α-hetero) is 1. The van der Waals surface area contributed by atoms with Crippen LogP contribution in [0.4, 0.5) is 0 Å². The van der Waals surface area contributed by atoms with E-state index in [2.05, 4.69) is 20.7 Å². The zero-order valence-electron chi connectivity index (χ0n) is 10.3. The number of ether oxygens (including phenoxy) is 2. The van der Waals surface area contributed by atoms with Gasteiger partial charge in [-0.3, -0.25) is 4.79 Å². The van der Waals surface area contributed by atoms with Gasteiger partial charge in [0.15, 0.2) is 0 Å². The van der Waals surface area contributed by atoms with Crippen molar-refractivity contribution in [2.45, 2.75) is 19.4 Å². The van der Waals surface area contributed by atoms with E-state index in [1.54, 1.807) is 6.92 Å². The van der Waals surface area contributed by atoms with Crippen molar-refractivity contribution in [3.05, 3.63) is 34.3 Å². The molecular weight excluding hydrogens is 300 g/mol. The normalized spacial score (nSPS) is 11.9. The van der Waals surface area contributed by atoms with E-state index in [9.17, 15) is 9.59 Å². The Bertz CT molecular complexity index is 414. The second-order valence-corrected chi connectivity index (χ2v) is 4.54. The summed E-state index contributed by atoms with van der Waals surface area (Å²) < 4.78 is 10.8. The topological polar surface area (TPSA) is 52.6 Å². The first-order valence-corrected chi connectivity index (χ1v) is 6.36. The maximum Gasteiger partial charge on any atom is 0.374 e. The fourth-order valence-electron chi connectivity index (χ4n) is 1.48. The summed E-state index contributed by atoms with van der Waals surface area (Å²) in [7, 11) is 1.51. The van der Waals surface area contributed by atoms with E-state index in [0.29, 0.717) is 0 Å². The van der Waals surface area contributed by atoms with E-state index < -0.39 is 17.9 Å². The highest BCUT2D eigenvalue weighted by Crippen LogP contribution is 2.22. The van der Waals surface area contributed by atoms with Crippen LogP contribution in [0.25, 0.3) is 0 Å². The Balaban J connectivity index is 2.70. The van der Waals surface area contributed by atoms with Crippen LogP contribution < -0.4 is 0 Å². The molecule has 0 fully saturated rings. The molecule has 0 aliphatic heterocycles. The molecule has 0 aliphatic rings. The molecule has 1 aromatic carbocycles. The number of hydrogen-bond donors (Lipinski definition) is 0. The first-order chi connectivity index (χ1) is 8.58. The van der Waals surface area contributed by atoms with Crippen molar-refractivity contribution in [3.63, 3.8) is 0 Å². The van der Waals surface area contributed by atoms with Crippen molar-refractivity contribution >= 4 is 27.7 Å². The van der Waals surface area contributed by atoms with Crippen LogP contribution in [0.1, 0.15) is 25.0 Å². The number of halogens is 1. The van der Waals surface area contributed by atoms with Gasteiger partial charge in [0.25, 0.3) is 0 Å². The van der Waals surface area contributed by atoms with Gasteiger partial charge >= 0.3 is 5.97 Å². The van der Waals surface area contributed by atoms with Gasteiger partial charge in [0.1, 0.15) is 0 Å². The molecule has 0 N–H and O–H groups in total. The number of ketones is 1. The molecule has 0 saturated carbocycles. The van der Waals surface area contributed by atoms with Gasteiger partial charge in [-0.15, -0.1) is 0 Å². The van der Waals surface area contributed by atoms with Crippen LogP contribution in [0.5, 0.6) is 0 Å².